The van der Waals surface area contributed by atoms with E-state index in [1.807, 2.05) is 36.4 Å². The first-order valence-electron chi connectivity index (χ1n) is 10.3. The molecule has 160 valence electrons. The minimum atomic E-state index is -0.390. The van der Waals surface area contributed by atoms with Crippen LogP contribution in [0.15, 0.2) is 54.6 Å². The zero-order valence-corrected chi connectivity index (χ0v) is 18.5. The van der Waals surface area contributed by atoms with Crippen molar-refractivity contribution < 1.29 is 4.79 Å². The number of benzene rings is 2. The number of halogens is 2. The number of hydrogen-bond donors (Lipinski definition) is 2. The summed E-state index contributed by atoms with van der Waals surface area (Å²) >= 11 is 12.0. The normalized spacial score (nSPS) is 14.1. The van der Waals surface area contributed by atoms with Crippen molar-refractivity contribution in [2.75, 3.05) is 28.6 Å². The quantitative estimate of drug-likeness (QED) is 0.472. The summed E-state index contributed by atoms with van der Waals surface area (Å²) in [4.78, 5) is 14.6. The van der Waals surface area contributed by atoms with Crippen molar-refractivity contribution >= 4 is 46.4 Å². The topological polar surface area (TPSA) is 70.2 Å². The molecule has 0 saturated carbocycles. The van der Waals surface area contributed by atoms with Crippen LogP contribution in [-0.2, 0) is 0 Å². The Labute approximate surface area is 191 Å². The second-order valence-electron chi connectivity index (χ2n) is 7.46. The molecule has 1 aliphatic heterocycles. The van der Waals surface area contributed by atoms with Gasteiger partial charge in [0.05, 0.1) is 16.4 Å². The fourth-order valence-corrected chi connectivity index (χ4v) is 4.00. The zero-order chi connectivity index (χ0) is 21.6. The third-order valence-corrected chi connectivity index (χ3v) is 5.75. The third kappa shape index (κ3) is 5.66. The van der Waals surface area contributed by atoms with Crippen LogP contribution < -0.4 is 15.5 Å². The number of nitrogens with one attached hydrogen (secondary N) is 2. The molecule has 2 amide bonds. The molecule has 4 rings (SSSR count). The lowest BCUT2D eigenvalue weighted by atomic mass is 10.1. The molecule has 2 heterocycles. The maximum atomic E-state index is 12.2. The van der Waals surface area contributed by atoms with Gasteiger partial charge in [-0.2, -0.15) is 0 Å². The maximum Gasteiger partial charge on any atom is 0.323 e. The molecule has 0 atom stereocenters. The van der Waals surface area contributed by atoms with E-state index in [1.165, 1.54) is 25.7 Å². The fourth-order valence-electron chi connectivity index (χ4n) is 3.55. The number of nitrogens with zero attached hydrogens (tertiary/aromatic N) is 3. The maximum absolute atomic E-state index is 12.2. The monoisotopic (exact) mass is 455 g/mol. The second kappa shape index (κ2) is 9.98. The Balaban J connectivity index is 1.38. The van der Waals surface area contributed by atoms with Crippen LogP contribution >= 0.6 is 23.2 Å². The molecule has 0 spiro atoms. The Morgan fingerprint density at radius 3 is 2.23 bits per heavy atom. The number of aromatic nitrogens is 2. The Kier molecular flexibility index (Phi) is 6.89. The first-order chi connectivity index (χ1) is 15.1. The molecule has 1 aliphatic rings. The molecular weight excluding hydrogens is 433 g/mol. The van der Waals surface area contributed by atoms with E-state index in [2.05, 4.69) is 25.7 Å². The summed E-state index contributed by atoms with van der Waals surface area (Å²) in [7, 11) is 0. The molecule has 2 aromatic carbocycles. The number of anilines is 3. The van der Waals surface area contributed by atoms with Gasteiger partial charge in [0.2, 0.25) is 0 Å². The second-order valence-corrected chi connectivity index (χ2v) is 8.30. The van der Waals surface area contributed by atoms with Crippen molar-refractivity contribution in [3.05, 3.63) is 64.6 Å². The van der Waals surface area contributed by atoms with Crippen molar-refractivity contribution in [1.82, 2.24) is 10.2 Å². The predicted octanol–water partition coefficient (Wildman–Crippen LogP) is 6.47. The van der Waals surface area contributed by atoms with Crippen LogP contribution in [0.2, 0.25) is 10.0 Å². The van der Waals surface area contributed by atoms with Crippen molar-refractivity contribution in [2.45, 2.75) is 25.7 Å². The van der Waals surface area contributed by atoms with E-state index in [0.29, 0.717) is 21.4 Å². The molecule has 31 heavy (non-hydrogen) atoms. The van der Waals surface area contributed by atoms with E-state index >= 15 is 0 Å². The summed E-state index contributed by atoms with van der Waals surface area (Å²) in [6, 6.07) is 16.0. The predicted molar refractivity (Wildman–Crippen MR) is 127 cm³/mol. The third-order valence-electron chi connectivity index (χ3n) is 5.20. The number of hydrogen-bond acceptors (Lipinski definition) is 4. The van der Waals surface area contributed by atoms with Gasteiger partial charge in [0.15, 0.2) is 5.82 Å². The van der Waals surface area contributed by atoms with Crippen molar-refractivity contribution in [3.63, 3.8) is 0 Å². The Bertz CT molecular complexity index is 1030. The van der Waals surface area contributed by atoms with Gasteiger partial charge in [0.25, 0.3) is 0 Å². The van der Waals surface area contributed by atoms with E-state index in [1.54, 1.807) is 18.2 Å². The zero-order valence-electron chi connectivity index (χ0n) is 16.9. The number of carbonyl (C=O) groups excluding carboxylic acids is 1. The number of rotatable bonds is 4. The molecule has 6 nitrogen and oxygen atoms in total. The van der Waals surface area contributed by atoms with Gasteiger partial charge in [-0.3, -0.25) is 0 Å². The summed E-state index contributed by atoms with van der Waals surface area (Å²) < 4.78 is 0. The molecule has 0 bridgehead atoms. The average Bonchev–Trinajstić information content (AvgIpc) is 3.06. The van der Waals surface area contributed by atoms with Crippen LogP contribution in [0.3, 0.4) is 0 Å². The first kappa shape index (κ1) is 21.4. The van der Waals surface area contributed by atoms with Crippen LogP contribution in [0.1, 0.15) is 25.7 Å². The van der Waals surface area contributed by atoms with Gasteiger partial charge in [-0.25, -0.2) is 4.79 Å². The molecule has 1 aromatic heterocycles. The molecule has 1 fully saturated rings. The summed E-state index contributed by atoms with van der Waals surface area (Å²) in [5, 5.41) is 15.2. The summed E-state index contributed by atoms with van der Waals surface area (Å²) in [5.41, 5.74) is 2.87. The van der Waals surface area contributed by atoms with Crippen LogP contribution in [0.4, 0.5) is 22.0 Å². The largest absolute Gasteiger partial charge is 0.355 e. The average molecular weight is 456 g/mol. The highest BCUT2D eigenvalue weighted by Gasteiger charge is 2.12. The van der Waals surface area contributed by atoms with Gasteiger partial charge in [0, 0.05) is 29.4 Å². The highest BCUT2D eigenvalue weighted by Crippen LogP contribution is 2.26. The Morgan fingerprint density at radius 2 is 1.58 bits per heavy atom. The Morgan fingerprint density at radius 1 is 0.839 bits per heavy atom. The highest BCUT2D eigenvalue weighted by molar-refractivity contribution is 6.36. The van der Waals surface area contributed by atoms with E-state index < -0.39 is 6.03 Å². The lowest BCUT2D eigenvalue weighted by molar-refractivity contribution is 0.262. The van der Waals surface area contributed by atoms with E-state index in [9.17, 15) is 4.79 Å². The molecule has 0 radical (unpaired) electrons. The van der Waals surface area contributed by atoms with Crippen LogP contribution in [0.5, 0.6) is 0 Å². The molecule has 0 unspecified atom stereocenters. The van der Waals surface area contributed by atoms with E-state index in [0.717, 1.165) is 30.2 Å². The van der Waals surface area contributed by atoms with Crippen LogP contribution in [0, 0.1) is 0 Å². The fraction of sp³-hybridized carbons (Fsp3) is 0.261. The lowest BCUT2D eigenvalue weighted by Crippen LogP contribution is -2.25. The van der Waals surface area contributed by atoms with Gasteiger partial charge in [-0.1, -0.05) is 48.2 Å². The minimum absolute atomic E-state index is 0.375. The van der Waals surface area contributed by atoms with Crippen molar-refractivity contribution in [1.29, 1.82) is 0 Å². The van der Waals surface area contributed by atoms with Gasteiger partial charge in [-0.15, -0.1) is 10.2 Å². The van der Waals surface area contributed by atoms with E-state index in [-0.39, 0.29) is 0 Å². The SMILES string of the molecule is O=C(Nc1ccc(-c2ccc(N3CCCCCC3)nn2)cc1)Nc1ccc(Cl)cc1Cl. The summed E-state index contributed by atoms with van der Waals surface area (Å²) in [5.74, 6) is 0.932. The van der Waals surface area contributed by atoms with Crippen molar-refractivity contribution in [2.24, 2.45) is 0 Å². The van der Waals surface area contributed by atoms with Gasteiger partial charge in [-0.05, 0) is 55.3 Å². The Hall–Kier alpha value is -2.83. The molecule has 3 aromatic rings. The number of urea groups is 1. The van der Waals surface area contributed by atoms with Gasteiger partial charge >= 0.3 is 6.03 Å². The highest BCUT2D eigenvalue weighted by atomic mass is 35.5. The molecule has 1 saturated heterocycles. The summed E-state index contributed by atoms with van der Waals surface area (Å²) in [6.45, 7) is 2.08. The number of carbonyl (C=O) groups is 1. The van der Waals surface area contributed by atoms with E-state index in [4.69, 9.17) is 23.2 Å². The smallest absolute Gasteiger partial charge is 0.323 e. The molecule has 0 aliphatic carbocycles. The number of amides is 2. The minimum Gasteiger partial charge on any atom is -0.355 e. The molecular formula is C23H23Cl2N5O. The molecule has 2 N–H and O–H groups in total. The molecule has 8 heteroatoms. The summed E-state index contributed by atoms with van der Waals surface area (Å²) in [6.07, 6.45) is 4.98. The first-order valence-corrected chi connectivity index (χ1v) is 11.1. The lowest BCUT2D eigenvalue weighted by Gasteiger charge is -2.20. The standard InChI is InChI=1S/C23H23Cl2N5O/c24-17-7-10-21(19(25)15-17)27-23(31)26-18-8-5-16(6-9-18)20-11-12-22(29-28-20)30-13-3-1-2-4-14-30/h5-12,15H,1-4,13-14H2,(H2,26,27,31). The van der Waals surface area contributed by atoms with Crippen LogP contribution in [-0.4, -0.2) is 29.3 Å². The van der Waals surface area contributed by atoms with Crippen LogP contribution in [0.25, 0.3) is 11.3 Å². The van der Waals surface area contributed by atoms with Gasteiger partial charge < -0.3 is 15.5 Å². The van der Waals surface area contributed by atoms with Crippen molar-refractivity contribution in [3.8, 4) is 11.3 Å². The van der Waals surface area contributed by atoms with Gasteiger partial charge in [0.1, 0.15) is 0 Å².